The standard InChI is InChI=1S/C15H19Cl2N3/c1-19(2)15(6-3-7-15)10-20-13-5-4-11(17)8-12(13)18-14(20)9-16/h4-5,8H,3,6-7,9-10H2,1-2H3. The van der Waals surface area contributed by atoms with Gasteiger partial charge in [0.2, 0.25) is 0 Å². The molecule has 1 aliphatic rings. The number of likely N-dealkylation sites (N-methyl/N-ethyl adjacent to an activating group) is 1. The smallest absolute Gasteiger partial charge is 0.124 e. The Labute approximate surface area is 129 Å². The number of benzene rings is 1. The molecule has 1 aliphatic carbocycles. The van der Waals surface area contributed by atoms with Crippen molar-refractivity contribution in [3.63, 3.8) is 0 Å². The Bertz CT molecular complexity index is 629. The molecule has 0 saturated heterocycles. The maximum atomic E-state index is 6.08. The molecule has 1 heterocycles. The number of nitrogens with zero attached hydrogens (tertiary/aromatic N) is 3. The number of halogens is 2. The molecular formula is C15H19Cl2N3. The molecule has 0 aliphatic heterocycles. The molecule has 1 fully saturated rings. The number of rotatable bonds is 4. The minimum atomic E-state index is 0.244. The summed E-state index contributed by atoms with van der Waals surface area (Å²) in [7, 11) is 4.32. The van der Waals surface area contributed by atoms with Crippen LogP contribution >= 0.6 is 23.2 Å². The molecule has 0 bridgehead atoms. The van der Waals surface area contributed by atoms with Crippen LogP contribution in [0.4, 0.5) is 0 Å². The van der Waals surface area contributed by atoms with Crippen LogP contribution in [0.2, 0.25) is 5.02 Å². The highest BCUT2D eigenvalue weighted by Gasteiger charge is 2.40. The molecule has 0 radical (unpaired) electrons. The van der Waals surface area contributed by atoms with Gasteiger partial charge in [0.25, 0.3) is 0 Å². The van der Waals surface area contributed by atoms with E-state index in [2.05, 4.69) is 28.5 Å². The van der Waals surface area contributed by atoms with E-state index in [4.69, 9.17) is 23.2 Å². The van der Waals surface area contributed by atoms with E-state index in [-0.39, 0.29) is 5.54 Å². The lowest BCUT2D eigenvalue weighted by Gasteiger charge is -2.47. The van der Waals surface area contributed by atoms with Crippen molar-refractivity contribution in [1.82, 2.24) is 14.5 Å². The van der Waals surface area contributed by atoms with Crippen LogP contribution < -0.4 is 0 Å². The SMILES string of the molecule is CN(C)C1(Cn2c(CCl)nc3cc(Cl)ccc32)CCC1. The average Bonchev–Trinajstić information content (AvgIpc) is 2.69. The summed E-state index contributed by atoms with van der Waals surface area (Å²) in [5.41, 5.74) is 2.30. The molecule has 5 heteroatoms. The van der Waals surface area contributed by atoms with Crippen LogP contribution in [-0.2, 0) is 12.4 Å². The molecule has 1 saturated carbocycles. The Morgan fingerprint density at radius 1 is 1.35 bits per heavy atom. The van der Waals surface area contributed by atoms with E-state index in [1.807, 2.05) is 18.2 Å². The third kappa shape index (κ3) is 2.22. The van der Waals surface area contributed by atoms with Crippen LogP contribution in [0.1, 0.15) is 25.1 Å². The first-order chi connectivity index (χ1) is 9.55. The first-order valence-electron chi connectivity index (χ1n) is 6.94. The topological polar surface area (TPSA) is 21.1 Å². The van der Waals surface area contributed by atoms with E-state index in [0.717, 1.165) is 23.4 Å². The van der Waals surface area contributed by atoms with Gasteiger partial charge in [-0.1, -0.05) is 11.6 Å². The van der Waals surface area contributed by atoms with Gasteiger partial charge >= 0.3 is 0 Å². The Morgan fingerprint density at radius 3 is 2.65 bits per heavy atom. The Balaban J connectivity index is 2.05. The van der Waals surface area contributed by atoms with Crippen molar-refractivity contribution in [2.24, 2.45) is 0 Å². The molecule has 0 N–H and O–H groups in total. The first-order valence-corrected chi connectivity index (χ1v) is 7.85. The fraction of sp³-hybridized carbons (Fsp3) is 0.533. The largest absolute Gasteiger partial charge is 0.325 e. The van der Waals surface area contributed by atoms with Gasteiger partial charge in [-0.25, -0.2) is 4.98 Å². The van der Waals surface area contributed by atoms with E-state index < -0.39 is 0 Å². The van der Waals surface area contributed by atoms with Crippen molar-refractivity contribution in [3.05, 3.63) is 29.0 Å². The second-order valence-corrected chi connectivity index (χ2v) is 6.56. The van der Waals surface area contributed by atoms with Crippen molar-refractivity contribution >= 4 is 34.2 Å². The number of fused-ring (bicyclic) bond motifs is 1. The van der Waals surface area contributed by atoms with Crippen molar-refractivity contribution in [1.29, 1.82) is 0 Å². The van der Waals surface area contributed by atoms with Crippen molar-refractivity contribution < 1.29 is 0 Å². The lowest BCUT2D eigenvalue weighted by Crippen LogP contribution is -2.53. The van der Waals surface area contributed by atoms with Gasteiger partial charge in [-0.15, -0.1) is 11.6 Å². The number of hydrogen-bond acceptors (Lipinski definition) is 2. The van der Waals surface area contributed by atoms with Crippen molar-refractivity contribution in [2.75, 3.05) is 14.1 Å². The summed E-state index contributed by atoms with van der Waals surface area (Å²) >= 11 is 12.1. The van der Waals surface area contributed by atoms with Gasteiger partial charge in [-0.2, -0.15) is 0 Å². The quantitative estimate of drug-likeness (QED) is 0.798. The molecule has 0 spiro atoms. The minimum Gasteiger partial charge on any atom is -0.325 e. The maximum absolute atomic E-state index is 6.08. The number of alkyl halides is 1. The molecule has 20 heavy (non-hydrogen) atoms. The van der Waals surface area contributed by atoms with Crippen LogP contribution in [0.3, 0.4) is 0 Å². The summed E-state index contributed by atoms with van der Waals surface area (Å²) in [5, 5.41) is 0.717. The lowest BCUT2D eigenvalue weighted by molar-refractivity contribution is 0.0429. The third-order valence-electron chi connectivity index (χ3n) is 4.59. The Morgan fingerprint density at radius 2 is 2.10 bits per heavy atom. The van der Waals surface area contributed by atoms with Gasteiger partial charge in [0.15, 0.2) is 0 Å². The summed E-state index contributed by atoms with van der Waals surface area (Å²) in [5.74, 6) is 1.35. The molecular weight excluding hydrogens is 293 g/mol. The highest BCUT2D eigenvalue weighted by atomic mass is 35.5. The van der Waals surface area contributed by atoms with Gasteiger partial charge in [0, 0.05) is 17.1 Å². The lowest BCUT2D eigenvalue weighted by atomic mass is 9.75. The fourth-order valence-electron chi connectivity index (χ4n) is 3.06. The van der Waals surface area contributed by atoms with E-state index in [9.17, 15) is 0 Å². The van der Waals surface area contributed by atoms with E-state index in [1.165, 1.54) is 19.3 Å². The average molecular weight is 312 g/mol. The van der Waals surface area contributed by atoms with Crippen LogP contribution in [0, 0.1) is 0 Å². The van der Waals surface area contributed by atoms with Gasteiger partial charge in [0.05, 0.1) is 16.9 Å². The van der Waals surface area contributed by atoms with Crippen molar-refractivity contribution in [2.45, 2.75) is 37.2 Å². The zero-order chi connectivity index (χ0) is 14.3. The molecule has 0 amide bonds. The molecule has 2 aromatic rings. The van der Waals surface area contributed by atoms with Gasteiger partial charge < -0.3 is 9.47 Å². The molecule has 1 aromatic heterocycles. The second-order valence-electron chi connectivity index (χ2n) is 5.85. The van der Waals surface area contributed by atoms with E-state index >= 15 is 0 Å². The molecule has 0 unspecified atom stereocenters. The third-order valence-corrected chi connectivity index (χ3v) is 5.07. The van der Waals surface area contributed by atoms with Gasteiger partial charge in [0.1, 0.15) is 5.82 Å². The number of aromatic nitrogens is 2. The van der Waals surface area contributed by atoms with Crippen molar-refractivity contribution in [3.8, 4) is 0 Å². The van der Waals surface area contributed by atoms with Gasteiger partial charge in [-0.3, -0.25) is 0 Å². The van der Waals surface area contributed by atoms with E-state index in [1.54, 1.807) is 0 Å². The maximum Gasteiger partial charge on any atom is 0.124 e. The highest BCUT2D eigenvalue weighted by molar-refractivity contribution is 6.31. The summed E-state index contributed by atoms with van der Waals surface area (Å²) in [6.07, 6.45) is 3.76. The normalized spacial score (nSPS) is 17.6. The zero-order valence-corrected chi connectivity index (χ0v) is 13.4. The van der Waals surface area contributed by atoms with E-state index in [0.29, 0.717) is 10.9 Å². The number of imidazole rings is 1. The summed E-state index contributed by atoms with van der Waals surface area (Å²) in [6, 6.07) is 5.87. The second kappa shape index (κ2) is 5.21. The molecule has 3 rings (SSSR count). The summed E-state index contributed by atoms with van der Waals surface area (Å²) < 4.78 is 2.26. The monoisotopic (exact) mass is 311 g/mol. The molecule has 1 aromatic carbocycles. The predicted octanol–water partition coefficient (Wildman–Crippen LogP) is 3.91. The highest BCUT2D eigenvalue weighted by Crippen LogP contribution is 2.38. The van der Waals surface area contributed by atoms with Crippen LogP contribution in [-0.4, -0.2) is 34.1 Å². The molecule has 0 atom stereocenters. The Hall–Kier alpha value is -0.770. The van der Waals surface area contributed by atoms with Crippen LogP contribution in [0.5, 0.6) is 0 Å². The summed E-state index contributed by atoms with van der Waals surface area (Å²) in [4.78, 5) is 6.97. The first kappa shape index (κ1) is 14.2. The van der Waals surface area contributed by atoms with Crippen LogP contribution in [0.25, 0.3) is 11.0 Å². The van der Waals surface area contributed by atoms with Crippen LogP contribution in [0.15, 0.2) is 18.2 Å². The molecule has 108 valence electrons. The summed E-state index contributed by atoms with van der Waals surface area (Å²) in [6.45, 7) is 0.945. The minimum absolute atomic E-state index is 0.244. The van der Waals surface area contributed by atoms with Gasteiger partial charge in [-0.05, 0) is 51.6 Å². The number of hydrogen-bond donors (Lipinski definition) is 0. The Kier molecular flexibility index (Phi) is 3.69. The molecule has 3 nitrogen and oxygen atoms in total. The fourth-order valence-corrected chi connectivity index (χ4v) is 3.43. The zero-order valence-electron chi connectivity index (χ0n) is 11.9. The predicted molar refractivity (Wildman–Crippen MR) is 84.6 cm³/mol.